The number of nitrogens with zero attached hydrogens (tertiary/aromatic N) is 2. The Morgan fingerprint density at radius 3 is 2.41 bits per heavy atom. The molecule has 2 rings (SSSR count). The van der Waals surface area contributed by atoms with Crippen LogP contribution in [0.15, 0.2) is 36.4 Å². The average Bonchev–Trinajstić information content (AvgIpc) is 2.47. The third-order valence-corrected chi connectivity index (χ3v) is 2.86. The zero-order valence-corrected chi connectivity index (χ0v) is 12.7. The predicted molar refractivity (Wildman–Crippen MR) is 85.9 cm³/mol. The van der Waals surface area contributed by atoms with Crippen LogP contribution in [0.5, 0.6) is 5.75 Å². The quantitative estimate of drug-likeness (QED) is 0.626. The molecular weight excluding hydrogens is 284 g/mol. The van der Waals surface area contributed by atoms with E-state index in [0.717, 1.165) is 0 Å². The second-order valence-corrected chi connectivity index (χ2v) is 4.97. The van der Waals surface area contributed by atoms with Gasteiger partial charge in [0.05, 0.1) is 12.0 Å². The summed E-state index contributed by atoms with van der Waals surface area (Å²) in [6.07, 6.45) is 0. The fraction of sp³-hybridized carbons (Fsp3) is 0.267. The molecule has 0 aliphatic heterocycles. The van der Waals surface area contributed by atoms with Crippen LogP contribution in [-0.2, 0) is 0 Å². The lowest BCUT2D eigenvalue weighted by molar-refractivity contribution is -0.384. The Morgan fingerprint density at radius 1 is 1.18 bits per heavy atom. The number of benzene rings is 1. The molecule has 0 amide bonds. The van der Waals surface area contributed by atoms with E-state index in [0.29, 0.717) is 17.3 Å². The maximum atomic E-state index is 11.1. The van der Waals surface area contributed by atoms with Crippen molar-refractivity contribution in [3.63, 3.8) is 0 Å². The maximum absolute atomic E-state index is 11.1. The van der Waals surface area contributed by atoms with Crippen molar-refractivity contribution in [2.45, 2.75) is 19.9 Å². The summed E-state index contributed by atoms with van der Waals surface area (Å²) in [5.41, 5.74) is 0.614. The minimum Gasteiger partial charge on any atom is -0.497 e. The minimum absolute atomic E-state index is 0.0786. The Balaban J connectivity index is 2.31. The van der Waals surface area contributed by atoms with Gasteiger partial charge in [-0.2, -0.15) is 0 Å². The molecule has 0 aliphatic carbocycles. The van der Waals surface area contributed by atoms with Crippen molar-refractivity contribution in [2.75, 3.05) is 17.7 Å². The average molecular weight is 302 g/mol. The zero-order valence-electron chi connectivity index (χ0n) is 12.7. The monoisotopic (exact) mass is 302 g/mol. The lowest BCUT2D eigenvalue weighted by Gasteiger charge is -2.12. The minimum atomic E-state index is -0.460. The van der Waals surface area contributed by atoms with E-state index < -0.39 is 4.92 Å². The van der Waals surface area contributed by atoms with Gasteiger partial charge >= 0.3 is 5.69 Å². The van der Waals surface area contributed by atoms with Gasteiger partial charge in [-0.25, -0.2) is 4.98 Å². The Kier molecular flexibility index (Phi) is 4.77. The van der Waals surface area contributed by atoms with Gasteiger partial charge < -0.3 is 15.4 Å². The lowest BCUT2D eigenvalue weighted by atomic mass is 10.3. The Morgan fingerprint density at radius 2 is 1.86 bits per heavy atom. The van der Waals surface area contributed by atoms with E-state index >= 15 is 0 Å². The maximum Gasteiger partial charge on any atom is 0.311 e. The summed E-state index contributed by atoms with van der Waals surface area (Å²) >= 11 is 0. The summed E-state index contributed by atoms with van der Waals surface area (Å²) in [4.78, 5) is 14.9. The summed E-state index contributed by atoms with van der Waals surface area (Å²) in [6.45, 7) is 3.94. The van der Waals surface area contributed by atoms with Crippen molar-refractivity contribution >= 4 is 23.0 Å². The highest BCUT2D eigenvalue weighted by atomic mass is 16.6. The first-order valence-electron chi connectivity index (χ1n) is 6.82. The number of ether oxygens (including phenoxy) is 1. The summed E-state index contributed by atoms with van der Waals surface area (Å²) in [5, 5.41) is 17.2. The van der Waals surface area contributed by atoms with Gasteiger partial charge in [0.25, 0.3) is 0 Å². The smallest absolute Gasteiger partial charge is 0.311 e. The molecular formula is C15H18N4O3. The largest absolute Gasteiger partial charge is 0.497 e. The van der Waals surface area contributed by atoms with Gasteiger partial charge in [0, 0.05) is 17.8 Å². The topological polar surface area (TPSA) is 89.3 Å². The van der Waals surface area contributed by atoms with Crippen LogP contribution in [0.25, 0.3) is 0 Å². The summed E-state index contributed by atoms with van der Waals surface area (Å²) < 4.78 is 5.08. The number of rotatable bonds is 6. The Labute approximate surface area is 128 Å². The van der Waals surface area contributed by atoms with Crippen molar-refractivity contribution in [3.8, 4) is 5.75 Å². The third-order valence-electron chi connectivity index (χ3n) is 2.86. The molecule has 1 aromatic heterocycles. The van der Waals surface area contributed by atoms with Gasteiger partial charge in [-0.05, 0) is 44.2 Å². The van der Waals surface area contributed by atoms with Crippen LogP contribution in [0.4, 0.5) is 23.0 Å². The van der Waals surface area contributed by atoms with E-state index in [1.165, 1.54) is 6.07 Å². The predicted octanol–water partition coefficient (Wildman–Crippen LogP) is 3.56. The molecule has 0 saturated heterocycles. The number of methoxy groups -OCH3 is 1. The molecule has 2 N–H and O–H groups in total. The van der Waals surface area contributed by atoms with Crippen LogP contribution < -0.4 is 15.4 Å². The number of hydrogen-bond donors (Lipinski definition) is 2. The number of nitro groups is 1. The van der Waals surface area contributed by atoms with E-state index in [9.17, 15) is 10.1 Å². The number of pyridine rings is 1. The van der Waals surface area contributed by atoms with Gasteiger partial charge in [-0.15, -0.1) is 0 Å². The molecule has 1 aromatic carbocycles. The first kappa shape index (κ1) is 15.6. The number of anilines is 3. The molecule has 1 heterocycles. The van der Waals surface area contributed by atoms with E-state index in [2.05, 4.69) is 15.6 Å². The van der Waals surface area contributed by atoms with Crippen molar-refractivity contribution in [2.24, 2.45) is 0 Å². The van der Waals surface area contributed by atoms with Gasteiger partial charge in [-0.1, -0.05) is 0 Å². The molecule has 0 fully saturated rings. The number of nitrogens with one attached hydrogen (secondary N) is 2. The fourth-order valence-corrected chi connectivity index (χ4v) is 1.88. The molecule has 7 heteroatoms. The number of aromatic nitrogens is 1. The molecule has 22 heavy (non-hydrogen) atoms. The van der Waals surface area contributed by atoms with Crippen molar-refractivity contribution in [1.29, 1.82) is 0 Å². The van der Waals surface area contributed by atoms with Crippen molar-refractivity contribution in [3.05, 3.63) is 46.5 Å². The summed E-state index contributed by atoms with van der Waals surface area (Å²) in [5.74, 6) is 1.49. The standard InChI is InChI=1S/C15H18N4O3/c1-10(2)16-14-9-8-13(19(20)21)15(18-14)17-11-4-6-12(22-3)7-5-11/h4-10H,1-3H3,(H2,16,17,18). The van der Waals surface area contributed by atoms with Crippen LogP contribution in [0.3, 0.4) is 0 Å². The first-order valence-corrected chi connectivity index (χ1v) is 6.82. The molecule has 0 aliphatic rings. The third kappa shape index (κ3) is 3.85. The van der Waals surface area contributed by atoms with Gasteiger partial charge in [0.15, 0.2) is 0 Å². The molecule has 2 aromatic rings. The molecule has 0 saturated carbocycles. The van der Waals surface area contributed by atoms with Crippen LogP contribution >= 0.6 is 0 Å². The molecule has 0 unspecified atom stereocenters. The highest BCUT2D eigenvalue weighted by Crippen LogP contribution is 2.28. The molecule has 7 nitrogen and oxygen atoms in total. The number of hydrogen-bond acceptors (Lipinski definition) is 6. The molecule has 116 valence electrons. The fourth-order valence-electron chi connectivity index (χ4n) is 1.88. The highest BCUT2D eigenvalue weighted by molar-refractivity contribution is 5.68. The Bertz CT molecular complexity index is 656. The summed E-state index contributed by atoms with van der Waals surface area (Å²) in [6, 6.07) is 10.3. The van der Waals surface area contributed by atoms with Gasteiger partial charge in [0.1, 0.15) is 11.6 Å². The van der Waals surface area contributed by atoms with E-state index in [-0.39, 0.29) is 17.5 Å². The van der Waals surface area contributed by atoms with E-state index in [1.54, 1.807) is 37.4 Å². The summed E-state index contributed by atoms with van der Waals surface area (Å²) in [7, 11) is 1.58. The van der Waals surface area contributed by atoms with E-state index in [1.807, 2.05) is 13.8 Å². The van der Waals surface area contributed by atoms with Gasteiger partial charge in [-0.3, -0.25) is 10.1 Å². The SMILES string of the molecule is COc1ccc(Nc2nc(NC(C)C)ccc2[N+](=O)[O-])cc1. The second-order valence-electron chi connectivity index (χ2n) is 4.97. The van der Waals surface area contributed by atoms with E-state index in [4.69, 9.17) is 4.74 Å². The van der Waals surface area contributed by atoms with Crippen molar-refractivity contribution < 1.29 is 9.66 Å². The molecule has 0 atom stereocenters. The zero-order chi connectivity index (χ0) is 16.1. The normalized spacial score (nSPS) is 10.4. The van der Waals surface area contributed by atoms with Crippen LogP contribution in [0, 0.1) is 10.1 Å². The second kappa shape index (κ2) is 6.75. The highest BCUT2D eigenvalue weighted by Gasteiger charge is 2.16. The van der Waals surface area contributed by atoms with Crippen LogP contribution in [0.2, 0.25) is 0 Å². The van der Waals surface area contributed by atoms with Crippen molar-refractivity contribution in [1.82, 2.24) is 4.98 Å². The molecule has 0 bridgehead atoms. The van der Waals surface area contributed by atoms with Crippen LogP contribution in [-0.4, -0.2) is 23.1 Å². The molecule has 0 spiro atoms. The lowest BCUT2D eigenvalue weighted by Crippen LogP contribution is -2.12. The van der Waals surface area contributed by atoms with Crippen LogP contribution in [0.1, 0.15) is 13.8 Å². The van der Waals surface area contributed by atoms with Gasteiger partial charge in [0.2, 0.25) is 5.82 Å². The molecule has 0 radical (unpaired) electrons. The first-order chi connectivity index (χ1) is 10.5. The Hall–Kier alpha value is -2.83.